The molecule has 0 aliphatic rings. The summed E-state index contributed by atoms with van der Waals surface area (Å²) in [6, 6.07) is 5.89. The Morgan fingerprint density at radius 2 is 2.21 bits per heavy atom. The molecular weight excluding hydrogens is 251 g/mol. The van der Waals surface area contributed by atoms with Crippen LogP contribution < -0.4 is 10.1 Å². The smallest absolute Gasteiger partial charge is 0.267 e. The van der Waals surface area contributed by atoms with Crippen LogP contribution in [0.15, 0.2) is 24.3 Å². The number of halogens is 1. The fourth-order valence-electron chi connectivity index (χ4n) is 1.39. The zero-order valence-corrected chi connectivity index (χ0v) is 10.5. The van der Waals surface area contributed by atoms with Gasteiger partial charge in [0.1, 0.15) is 5.82 Å². The number of ether oxygens (including phenoxy) is 1. The highest BCUT2D eigenvalue weighted by atomic mass is 19.1. The van der Waals surface area contributed by atoms with E-state index in [4.69, 9.17) is 4.74 Å². The van der Waals surface area contributed by atoms with Gasteiger partial charge in [0.25, 0.3) is 5.91 Å². The molecule has 0 fully saturated rings. The normalized spacial score (nSPS) is 11.9. The van der Waals surface area contributed by atoms with Crippen LogP contribution in [0, 0.1) is 12.7 Å². The molecule has 0 aliphatic carbocycles. The fraction of sp³-hybridized carbons (Fsp3) is 0.250. The van der Waals surface area contributed by atoms with Gasteiger partial charge < -0.3 is 4.74 Å². The van der Waals surface area contributed by atoms with Crippen molar-refractivity contribution in [3.05, 3.63) is 35.9 Å². The van der Waals surface area contributed by atoms with Crippen molar-refractivity contribution in [3.8, 4) is 5.75 Å². The Morgan fingerprint density at radius 3 is 2.84 bits per heavy atom. The van der Waals surface area contributed by atoms with Crippen molar-refractivity contribution >= 4 is 11.9 Å². The Morgan fingerprint density at radius 1 is 1.47 bits per heavy atom. The van der Waals surface area contributed by atoms with E-state index in [9.17, 15) is 9.18 Å². The summed E-state index contributed by atoms with van der Waals surface area (Å²) in [4.78, 5) is 15.7. The molecule has 1 atom stereocenters. The highest BCUT2D eigenvalue weighted by molar-refractivity contribution is 5.92. The van der Waals surface area contributed by atoms with Crippen molar-refractivity contribution in [2.24, 2.45) is 0 Å². The summed E-state index contributed by atoms with van der Waals surface area (Å²) in [7, 11) is 0. The van der Waals surface area contributed by atoms with Crippen molar-refractivity contribution in [2.45, 2.75) is 20.0 Å². The zero-order chi connectivity index (χ0) is 13.8. The largest absolute Gasteiger partial charge is 0.478 e. The van der Waals surface area contributed by atoms with E-state index in [1.807, 2.05) is 0 Å². The number of hydrogen-bond donors (Lipinski definition) is 2. The molecular formula is C12H13FN4O2. The van der Waals surface area contributed by atoms with Crippen LogP contribution in [0.25, 0.3) is 0 Å². The predicted octanol–water partition coefficient (Wildman–Crippen LogP) is 1.66. The third-order valence-corrected chi connectivity index (χ3v) is 2.34. The number of amides is 1. The molecule has 0 aliphatic heterocycles. The molecule has 6 nitrogen and oxygen atoms in total. The van der Waals surface area contributed by atoms with E-state index in [1.54, 1.807) is 19.1 Å². The van der Waals surface area contributed by atoms with E-state index in [0.29, 0.717) is 5.82 Å². The average Bonchev–Trinajstić information content (AvgIpc) is 2.77. The minimum atomic E-state index is -0.865. The van der Waals surface area contributed by atoms with Gasteiger partial charge in [0.05, 0.1) is 0 Å². The lowest BCUT2D eigenvalue weighted by atomic mass is 10.3. The summed E-state index contributed by atoms with van der Waals surface area (Å²) in [5.41, 5.74) is 0. The molecule has 1 aromatic carbocycles. The van der Waals surface area contributed by atoms with Gasteiger partial charge in [-0.1, -0.05) is 12.1 Å². The summed E-state index contributed by atoms with van der Waals surface area (Å²) in [5.74, 6) is -0.209. The molecule has 0 bridgehead atoms. The molecule has 0 radical (unpaired) electrons. The molecule has 1 unspecified atom stereocenters. The fourth-order valence-corrected chi connectivity index (χ4v) is 1.39. The quantitative estimate of drug-likeness (QED) is 0.880. The standard InChI is InChI=1S/C12H13FN4O2/c1-7(19-10-6-4-3-5-9(10)13)11(18)15-12-14-8(2)16-17-12/h3-7H,1-2H3,(H2,14,15,16,17,18). The number of aromatic nitrogens is 3. The monoisotopic (exact) mass is 264 g/mol. The van der Waals surface area contributed by atoms with Crippen molar-refractivity contribution in [2.75, 3.05) is 5.32 Å². The van der Waals surface area contributed by atoms with Crippen molar-refractivity contribution in [1.29, 1.82) is 0 Å². The van der Waals surface area contributed by atoms with Crippen LogP contribution in [-0.2, 0) is 4.79 Å². The first-order valence-corrected chi connectivity index (χ1v) is 5.67. The Kier molecular flexibility index (Phi) is 3.74. The van der Waals surface area contributed by atoms with Gasteiger partial charge in [-0.15, -0.1) is 5.10 Å². The summed E-state index contributed by atoms with van der Waals surface area (Å²) in [5, 5.41) is 8.82. The van der Waals surface area contributed by atoms with Crippen LogP contribution in [0.3, 0.4) is 0 Å². The number of aryl methyl sites for hydroxylation is 1. The van der Waals surface area contributed by atoms with E-state index >= 15 is 0 Å². The molecule has 2 N–H and O–H groups in total. The number of carbonyl (C=O) groups is 1. The number of carbonyl (C=O) groups excluding carboxylic acids is 1. The second-order valence-electron chi connectivity index (χ2n) is 3.92. The summed E-state index contributed by atoms with van der Waals surface area (Å²) in [6.07, 6.45) is -0.865. The van der Waals surface area contributed by atoms with Crippen LogP contribution in [0.5, 0.6) is 5.75 Å². The first-order chi connectivity index (χ1) is 9.06. The van der Waals surface area contributed by atoms with Gasteiger partial charge in [-0.3, -0.25) is 15.2 Å². The number of nitrogens with zero attached hydrogens (tertiary/aromatic N) is 2. The van der Waals surface area contributed by atoms with E-state index in [0.717, 1.165) is 0 Å². The molecule has 19 heavy (non-hydrogen) atoms. The predicted molar refractivity (Wildman–Crippen MR) is 66.2 cm³/mol. The van der Waals surface area contributed by atoms with E-state index in [-0.39, 0.29) is 11.7 Å². The minimum Gasteiger partial charge on any atom is -0.478 e. The number of rotatable bonds is 4. The molecule has 0 saturated carbocycles. The number of anilines is 1. The van der Waals surface area contributed by atoms with Gasteiger partial charge in [-0.25, -0.2) is 4.39 Å². The van der Waals surface area contributed by atoms with Gasteiger partial charge in [-0.05, 0) is 26.0 Å². The molecule has 100 valence electrons. The Labute approximate surface area is 109 Å². The molecule has 0 saturated heterocycles. The van der Waals surface area contributed by atoms with Crippen molar-refractivity contribution < 1.29 is 13.9 Å². The minimum absolute atomic E-state index is 0.0244. The Bertz CT molecular complexity index is 585. The molecule has 2 rings (SSSR count). The highest BCUT2D eigenvalue weighted by Crippen LogP contribution is 2.17. The SMILES string of the molecule is Cc1nc(NC(=O)C(C)Oc2ccccc2F)n[nH]1. The molecule has 7 heteroatoms. The van der Waals surface area contributed by atoms with Gasteiger partial charge in [0, 0.05) is 0 Å². The second kappa shape index (κ2) is 5.47. The van der Waals surface area contributed by atoms with Gasteiger partial charge >= 0.3 is 0 Å². The first kappa shape index (κ1) is 13.0. The van der Waals surface area contributed by atoms with E-state index in [2.05, 4.69) is 20.5 Å². The summed E-state index contributed by atoms with van der Waals surface area (Å²) < 4.78 is 18.6. The Balaban J connectivity index is 1.98. The van der Waals surface area contributed by atoms with E-state index in [1.165, 1.54) is 19.1 Å². The lowest BCUT2D eigenvalue weighted by Gasteiger charge is -2.13. The summed E-state index contributed by atoms with van der Waals surface area (Å²) in [6.45, 7) is 3.23. The van der Waals surface area contributed by atoms with E-state index < -0.39 is 17.8 Å². The van der Waals surface area contributed by atoms with Crippen LogP contribution in [0.4, 0.5) is 10.3 Å². The van der Waals surface area contributed by atoms with Gasteiger partial charge in [-0.2, -0.15) is 4.98 Å². The molecule has 1 heterocycles. The topological polar surface area (TPSA) is 79.9 Å². The number of aromatic amines is 1. The van der Waals surface area contributed by atoms with Crippen LogP contribution in [0.2, 0.25) is 0 Å². The third-order valence-electron chi connectivity index (χ3n) is 2.34. The number of hydrogen-bond acceptors (Lipinski definition) is 4. The molecule has 0 spiro atoms. The molecule has 1 aromatic heterocycles. The van der Waals surface area contributed by atoms with Gasteiger partial charge in [0.2, 0.25) is 5.95 Å². The number of nitrogens with one attached hydrogen (secondary N) is 2. The van der Waals surface area contributed by atoms with Crippen LogP contribution in [-0.4, -0.2) is 27.2 Å². The first-order valence-electron chi connectivity index (χ1n) is 5.67. The zero-order valence-electron chi connectivity index (χ0n) is 10.5. The van der Waals surface area contributed by atoms with Crippen LogP contribution >= 0.6 is 0 Å². The molecule has 1 amide bonds. The van der Waals surface area contributed by atoms with Crippen LogP contribution in [0.1, 0.15) is 12.7 Å². The highest BCUT2D eigenvalue weighted by Gasteiger charge is 2.17. The average molecular weight is 264 g/mol. The third kappa shape index (κ3) is 3.27. The Hall–Kier alpha value is -2.44. The van der Waals surface area contributed by atoms with Gasteiger partial charge in [0.15, 0.2) is 17.7 Å². The lowest BCUT2D eigenvalue weighted by molar-refractivity contribution is -0.122. The molecule has 2 aromatic rings. The lowest BCUT2D eigenvalue weighted by Crippen LogP contribution is -2.30. The van der Waals surface area contributed by atoms with Crippen molar-refractivity contribution in [3.63, 3.8) is 0 Å². The number of H-pyrrole nitrogens is 1. The maximum absolute atomic E-state index is 13.4. The number of benzene rings is 1. The number of para-hydroxylation sites is 1. The maximum atomic E-state index is 13.4. The second-order valence-corrected chi connectivity index (χ2v) is 3.92. The maximum Gasteiger partial charge on any atom is 0.267 e. The summed E-state index contributed by atoms with van der Waals surface area (Å²) >= 11 is 0. The van der Waals surface area contributed by atoms with Crippen molar-refractivity contribution in [1.82, 2.24) is 15.2 Å².